The molecule has 0 aromatic carbocycles. The first-order valence-electron chi connectivity index (χ1n) is 8.41. The second-order valence-electron chi connectivity index (χ2n) is 7.37. The molecular formula is C18H29N2O3+. The van der Waals surface area contributed by atoms with E-state index in [0.29, 0.717) is 12.5 Å². The van der Waals surface area contributed by atoms with Crippen molar-refractivity contribution in [3.05, 3.63) is 30.1 Å². The highest BCUT2D eigenvalue weighted by atomic mass is 16.6. The van der Waals surface area contributed by atoms with Gasteiger partial charge in [-0.2, -0.15) is 4.57 Å². The molecule has 1 aliphatic heterocycles. The van der Waals surface area contributed by atoms with E-state index in [2.05, 4.69) is 19.9 Å². The number of pyridine rings is 1. The van der Waals surface area contributed by atoms with Crippen LogP contribution in [-0.2, 0) is 17.9 Å². The summed E-state index contributed by atoms with van der Waals surface area (Å²) in [4.78, 5) is 14.0. The fourth-order valence-corrected chi connectivity index (χ4v) is 3.18. The van der Waals surface area contributed by atoms with Crippen LogP contribution in [0.2, 0.25) is 0 Å². The van der Waals surface area contributed by atoms with Crippen molar-refractivity contribution in [2.75, 3.05) is 6.54 Å². The van der Waals surface area contributed by atoms with Gasteiger partial charge >= 0.3 is 6.09 Å². The maximum absolute atomic E-state index is 12.3. The van der Waals surface area contributed by atoms with Crippen LogP contribution in [0.5, 0.6) is 0 Å². The molecule has 5 nitrogen and oxygen atoms in total. The van der Waals surface area contributed by atoms with E-state index in [4.69, 9.17) is 4.74 Å². The Bertz CT molecular complexity index is 537. The summed E-state index contributed by atoms with van der Waals surface area (Å²) >= 11 is 0. The van der Waals surface area contributed by atoms with Gasteiger partial charge in [-0.05, 0) is 45.1 Å². The first kappa shape index (κ1) is 17.7. The minimum Gasteiger partial charge on any atom is -0.388 e. The van der Waals surface area contributed by atoms with Crippen molar-refractivity contribution >= 4 is 6.09 Å². The van der Waals surface area contributed by atoms with E-state index in [-0.39, 0.29) is 18.9 Å². The van der Waals surface area contributed by atoms with E-state index in [1.54, 1.807) is 18.7 Å². The molecule has 1 saturated heterocycles. The van der Waals surface area contributed by atoms with Gasteiger partial charge in [0, 0.05) is 18.2 Å². The number of hydrogen-bond donors (Lipinski definition) is 1. The maximum Gasteiger partial charge on any atom is 0.414 e. The van der Waals surface area contributed by atoms with Crippen molar-refractivity contribution in [1.82, 2.24) is 4.90 Å². The van der Waals surface area contributed by atoms with Crippen molar-refractivity contribution in [2.45, 2.75) is 65.3 Å². The van der Waals surface area contributed by atoms with Crippen LogP contribution in [-0.4, -0.2) is 34.3 Å². The van der Waals surface area contributed by atoms with Crippen LogP contribution in [0.4, 0.5) is 4.79 Å². The van der Waals surface area contributed by atoms with Crippen LogP contribution in [0.25, 0.3) is 0 Å². The normalized spacial score (nSPS) is 18.5. The van der Waals surface area contributed by atoms with E-state index in [9.17, 15) is 9.90 Å². The zero-order valence-corrected chi connectivity index (χ0v) is 14.7. The molecule has 0 bridgehead atoms. The van der Waals surface area contributed by atoms with E-state index in [1.165, 1.54) is 5.56 Å². The summed E-state index contributed by atoms with van der Waals surface area (Å²) in [6.07, 6.45) is 6.29. The molecule has 0 saturated carbocycles. The van der Waals surface area contributed by atoms with E-state index < -0.39 is 5.60 Å². The van der Waals surface area contributed by atoms with Crippen molar-refractivity contribution < 1.29 is 19.2 Å². The van der Waals surface area contributed by atoms with Gasteiger partial charge < -0.3 is 14.7 Å². The largest absolute Gasteiger partial charge is 0.414 e. The van der Waals surface area contributed by atoms with Crippen molar-refractivity contribution in [1.29, 1.82) is 0 Å². The molecule has 1 aliphatic rings. The fraction of sp³-hybridized carbons (Fsp3) is 0.667. The maximum atomic E-state index is 12.3. The molecule has 5 heteroatoms. The minimum atomic E-state index is -0.903. The molecule has 0 unspecified atom stereocenters. The number of likely N-dealkylation sites (tertiary alicyclic amines) is 1. The number of carbonyl (C=O) groups is 1. The Morgan fingerprint density at radius 2 is 2.26 bits per heavy atom. The number of ether oxygens (including phenoxy) is 1. The first-order valence-corrected chi connectivity index (χ1v) is 8.41. The van der Waals surface area contributed by atoms with E-state index in [1.807, 2.05) is 23.0 Å². The number of aliphatic hydroxyl groups is 1. The molecule has 128 valence electrons. The number of hydrogen-bond acceptors (Lipinski definition) is 3. The molecule has 1 amide bonds. The molecule has 1 fully saturated rings. The monoisotopic (exact) mass is 321 g/mol. The van der Waals surface area contributed by atoms with Crippen molar-refractivity contribution in [3.8, 4) is 0 Å². The molecule has 1 aromatic rings. The summed E-state index contributed by atoms with van der Waals surface area (Å²) in [5.41, 5.74) is 0.328. The highest BCUT2D eigenvalue weighted by molar-refractivity contribution is 5.68. The molecule has 2 rings (SSSR count). The van der Waals surface area contributed by atoms with Gasteiger partial charge in [0.05, 0.1) is 11.6 Å². The predicted octanol–water partition coefficient (Wildman–Crippen LogP) is 2.50. The Kier molecular flexibility index (Phi) is 5.63. The lowest BCUT2D eigenvalue weighted by molar-refractivity contribution is -0.727. The number of rotatable bonds is 5. The summed E-state index contributed by atoms with van der Waals surface area (Å²) in [6.45, 7) is 8.69. The number of carbonyl (C=O) groups excluding carboxylic acids is 1. The van der Waals surface area contributed by atoms with Crippen molar-refractivity contribution in [2.24, 2.45) is 5.92 Å². The first-order chi connectivity index (χ1) is 10.8. The number of nitrogens with zero attached hydrogens (tertiary/aromatic N) is 2. The van der Waals surface area contributed by atoms with Gasteiger partial charge in [-0.1, -0.05) is 13.8 Å². The highest BCUT2D eigenvalue weighted by Crippen LogP contribution is 2.27. The molecule has 0 radical (unpaired) electrons. The third-order valence-electron chi connectivity index (χ3n) is 4.20. The molecule has 0 aliphatic carbocycles. The average molecular weight is 321 g/mol. The van der Waals surface area contributed by atoms with Gasteiger partial charge in [-0.15, -0.1) is 0 Å². The quantitative estimate of drug-likeness (QED) is 0.848. The van der Waals surface area contributed by atoms with Gasteiger partial charge in [0.2, 0.25) is 0 Å². The number of amides is 1. The molecule has 0 spiro atoms. The third-order valence-corrected chi connectivity index (χ3v) is 4.20. The van der Waals surface area contributed by atoms with Crippen molar-refractivity contribution in [3.63, 3.8) is 0 Å². The molecule has 2 heterocycles. The topological polar surface area (TPSA) is 53.7 Å². The number of aromatic nitrogens is 1. The standard InChI is InChI=1S/C18H29N2O3/c1-14(2)11-15-7-5-9-19(12-15)13-23-17(21)20-10-6-8-16(20)18(3,4)22/h5,7,9,12,14,16,22H,6,8,10-11,13H2,1-4H3/q+1/t16-/m0/s1. The van der Waals surface area contributed by atoms with Gasteiger partial charge in [0.25, 0.3) is 6.73 Å². The zero-order valence-electron chi connectivity index (χ0n) is 14.7. The lowest BCUT2D eigenvalue weighted by atomic mass is 9.97. The van der Waals surface area contributed by atoms with Gasteiger partial charge in [0.15, 0.2) is 12.4 Å². The van der Waals surface area contributed by atoms with Crippen LogP contribution in [0.3, 0.4) is 0 Å². The Balaban J connectivity index is 1.94. The Labute approximate surface area is 138 Å². The second kappa shape index (κ2) is 7.30. The summed E-state index contributed by atoms with van der Waals surface area (Å²) in [5.74, 6) is 0.588. The molecule has 1 atom stereocenters. The Morgan fingerprint density at radius 3 is 2.91 bits per heavy atom. The summed E-state index contributed by atoms with van der Waals surface area (Å²) in [5, 5.41) is 10.2. The molecule has 23 heavy (non-hydrogen) atoms. The van der Waals surface area contributed by atoms with Gasteiger partial charge in [0.1, 0.15) is 0 Å². The SMILES string of the molecule is CC(C)Cc1ccc[n+](COC(=O)N2CCC[C@H]2C(C)(C)O)c1. The second-order valence-corrected chi connectivity index (χ2v) is 7.37. The zero-order chi connectivity index (χ0) is 17.0. The van der Waals surface area contributed by atoms with Gasteiger partial charge in [-0.25, -0.2) is 4.79 Å². The fourth-order valence-electron chi connectivity index (χ4n) is 3.18. The minimum absolute atomic E-state index is 0.174. The highest BCUT2D eigenvalue weighted by Gasteiger charge is 2.39. The smallest absolute Gasteiger partial charge is 0.388 e. The summed E-state index contributed by atoms with van der Waals surface area (Å²) in [6, 6.07) is 3.89. The van der Waals surface area contributed by atoms with Crippen LogP contribution in [0, 0.1) is 5.92 Å². The van der Waals surface area contributed by atoms with Crippen LogP contribution >= 0.6 is 0 Å². The van der Waals surface area contributed by atoms with E-state index in [0.717, 1.165) is 19.3 Å². The van der Waals surface area contributed by atoms with Crippen LogP contribution in [0.15, 0.2) is 24.5 Å². The third kappa shape index (κ3) is 4.93. The molecular weight excluding hydrogens is 292 g/mol. The van der Waals surface area contributed by atoms with Crippen LogP contribution < -0.4 is 4.57 Å². The molecule has 1 N–H and O–H groups in total. The average Bonchev–Trinajstić information content (AvgIpc) is 2.94. The predicted molar refractivity (Wildman–Crippen MR) is 87.7 cm³/mol. The Hall–Kier alpha value is -1.62. The summed E-state index contributed by atoms with van der Waals surface area (Å²) in [7, 11) is 0. The van der Waals surface area contributed by atoms with Gasteiger partial charge in [-0.3, -0.25) is 0 Å². The summed E-state index contributed by atoms with van der Waals surface area (Å²) < 4.78 is 7.32. The lowest BCUT2D eigenvalue weighted by Crippen LogP contribution is -2.49. The van der Waals surface area contributed by atoms with Crippen LogP contribution in [0.1, 0.15) is 46.1 Å². The Morgan fingerprint density at radius 1 is 1.52 bits per heavy atom. The molecule has 1 aromatic heterocycles. The van der Waals surface area contributed by atoms with E-state index >= 15 is 0 Å². The lowest BCUT2D eigenvalue weighted by Gasteiger charge is -2.32.